The standard InChI is InChI=1S/C30H47BrN2O6/c1-7-10-11-12-15-38-29(37)23-24-27(35)33(21(18-34)16-19(4)5)26(30(24)17-22(31)25(23)39-30)28(36)32(14-9-3)20(6)13-8-2/h7,9,19-26,34H,1,3,8,10-18H2,2,4-6H3/t20?,21-,22?,23+,24+,25+,26?,30?/m1/s1. The number of unbranched alkanes of at least 4 members (excludes halogenated alkanes) is 2. The van der Waals surface area contributed by atoms with Gasteiger partial charge in [0.2, 0.25) is 11.8 Å². The highest BCUT2D eigenvalue weighted by atomic mass is 79.9. The number of ether oxygens (including phenoxy) is 2. The van der Waals surface area contributed by atoms with Gasteiger partial charge in [0.15, 0.2) is 0 Å². The number of aliphatic hydroxyl groups is 1. The van der Waals surface area contributed by atoms with Gasteiger partial charge >= 0.3 is 5.97 Å². The Kier molecular flexibility index (Phi) is 11.2. The molecule has 220 valence electrons. The molecule has 8 atom stereocenters. The van der Waals surface area contributed by atoms with E-state index < -0.39 is 41.6 Å². The van der Waals surface area contributed by atoms with Gasteiger partial charge in [-0.1, -0.05) is 55.3 Å². The maximum absolute atomic E-state index is 14.5. The molecule has 2 bridgehead atoms. The van der Waals surface area contributed by atoms with Crippen molar-refractivity contribution < 1.29 is 29.0 Å². The van der Waals surface area contributed by atoms with E-state index in [2.05, 4.69) is 36.0 Å². The lowest BCUT2D eigenvalue weighted by atomic mass is 9.70. The number of carbonyl (C=O) groups is 3. The third kappa shape index (κ3) is 6.15. The third-order valence-corrected chi connectivity index (χ3v) is 9.32. The van der Waals surface area contributed by atoms with Gasteiger partial charge in [-0.2, -0.15) is 0 Å². The Morgan fingerprint density at radius 1 is 1.28 bits per heavy atom. The van der Waals surface area contributed by atoms with Gasteiger partial charge in [-0.25, -0.2) is 0 Å². The van der Waals surface area contributed by atoms with E-state index in [4.69, 9.17) is 9.47 Å². The normalized spacial score (nSPS) is 30.8. The van der Waals surface area contributed by atoms with Crippen LogP contribution in [0.5, 0.6) is 0 Å². The summed E-state index contributed by atoms with van der Waals surface area (Å²) >= 11 is 3.71. The first-order chi connectivity index (χ1) is 18.6. The molecule has 8 nitrogen and oxygen atoms in total. The molecule has 0 radical (unpaired) electrons. The summed E-state index contributed by atoms with van der Waals surface area (Å²) in [7, 11) is 0. The van der Waals surface area contributed by atoms with Gasteiger partial charge in [-0.15, -0.1) is 13.2 Å². The molecule has 4 unspecified atom stereocenters. The van der Waals surface area contributed by atoms with Crippen molar-refractivity contribution in [3.8, 4) is 0 Å². The molecule has 3 saturated heterocycles. The summed E-state index contributed by atoms with van der Waals surface area (Å²) in [4.78, 5) is 45.4. The first kappa shape index (κ1) is 31.8. The van der Waals surface area contributed by atoms with E-state index in [9.17, 15) is 19.5 Å². The minimum Gasteiger partial charge on any atom is -0.465 e. The average molecular weight is 612 g/mol. The van der Waals surface area contributed by atoms with E-state index in [0.717, 1.165) is 25.7 Å². The van der Waals surface area contributed by atoms with Crippen molar-refractivity contribution >= 4 is 33.7 Å². The Labute approximate surface area is 242 Å². The fourth-order valence-electron chi connectivity index (χ4n) is 6.85. The average Bonchev–Trinajstić information content (AvgIpc) is 3.48. The number of allylic oxidation sites excluding steroid dienone is 1. The Hall–Kier alpha value is -1.71. The molecule has 0 saturated carbocycles. The summed E-state index contributed by atoms with van der Waals surface area (Å²) in [5.41, 5.74) is -1.17. The molecule has 0 aliphatic carbocycles. The van der Waals surface area contributed by atoms with Gasteiger partial charge < -0.3 is 24.4 Å². The molecular weight excluding hydrogens is 564 g/mol. The molecule has 3 aliphatic rings. The molecule has 3 heterocycles. The molecule has 3 aliphatic heterocycles. The largest absolute Gasteiger partial charge is 0.465 e. The van der Waals surface area contributed by atoms with E-state index >= 15 is 0 Å². The lowest BCUT2D eigenvalue weighted by Crippen LogP contribution is -2.60. The fourth-order valence-corrected chi connectivity index (χ4v) is 7.79. The molecule has 1 N–H and O–H groups in total. The summed E-state index contributed by atoms with van der Waals surface area (Å²) in [5, 5.41) is 10.4. The number of hydrogen-bond acceptors (Lipinski definition) is 6. The molecular formula is C30H47BrN2O6. The third-order valence-electron chi connectivity index (χ3n) is 8.48. The van der Waals surface area contributed by atoms with Gasteiger partial charge in [0.25, 0.3) is 0 Å². The summed E-state index contributed by atoms with van der Waals surface area (Å²) in [5.74, 6) is -2.43. The highest BCUT2D eigenvalue weighted by Crippen LogP contribution is 2.61. The number of hydrogen-bond donors (Lipinski definition) is 1. The number of carbonyl (C=O) groups excluding carboxylic acids is 3. The van der Waals surface area contributed by atoms with Crippen LogP contribution in [0, 0.1) is 17.8 Å². The smallest absolute Gasteiger partial charge is 0.312 e. The van der Waals surface area contributed by atoms with Crippen molar-refractivity contribution in [2.75, 3.05) is 19.8 Å². The Bertz CT molecular complexity index is 912. The van der Waals surface area contributed by atoms with Gasteiger partial charge in [0.1, 0.15) is 11.6 Å². The number of esters is 1. The summed E-state index contributed by atoms with van der Waals surface area (Å²) in [6, 6.07) is -1.58. The fraction of sp³-hybridized carbons (Fsp3) is 0.767. The zero-order valence-electron chi connectivity index (χ0n) is 24.0. The summed E-state index contributed by atoms with van der Waals surface area (Å²) in [6.07, 6.45) is 8.04. The van der Waals surface area contributed by atoms with Crippen molar-refractivity contribution in [1.82, 2.24) is 9.80 Å². The highest BCUT2D eigenvalue weighted by Gasteiger charge is 2.77. The Morgan fingerprint density at radius 2 is 2.00 bits per heavy atom. The number of likely N-dealkylation sites (tertiary alicyclic amines) is 1. The van der Waals surface area contributed by atoms with Crippen LogP contribution < -0.4 is 0 Å². The number of aliphatic hydroxyl groups excluding tert-OH is 1. The summed E-state index contributed by atoms with van der Waals surface area (Å²) < 4.78 is 12.3. The Balaban J connectivity index is 2.03. The molecule has 3 rings (SSSR count). The van der Waals surface area contributed by atoms with E-state index in [1.165, 1.54) is 0 Å². The molecule has 39 heavy (non-hydrogen) atoms. The van der Waals surface area contributed by atoms with Crippen LogP contribution in [0.3, 0.4) is 0 Å². The predicted octanol–water partition coefficient (Wildman–Crippen LogP) is 4.24. The van der Waals surface area contributed by atoms with Crippen molar-refractivity contribution in [3.05, 3.63) is 25.3 Å². The lowest BCUT2D eigenvalue weighted by Gasteiger charge is -2.41. The second-order valence-electron chi connectivity index (χ2n) is 11.7. The molecule has 1 spiro atoms. The Morgan fingerprint density at radius 3 is 2.59 bits per heavy atom. The van der Waals surface area contributed by atoms with Gasteiger partial charge in [-0.3, -0.25) is 14.4 Å². The zero-order valence-corrected chi connectivity index (χ0v) is 25.6. The predicted molar refractivity (Wildman–Crippen MR) is 154 cm³/mol. The monoisotopic (exact) mass is 610 g/mol. The van der Waals surface area contributed by atoms with Crippen molar-refractivity contribution in [2.45, 2.75) is 107 Å². The number of fused-ring (bicyclic) bond motifs is 1. The van der Waals surface area contributed by atoms with Crippen molar-refractivity contribution in [2.24, 2.45) is 17.8 Å². The van der Waals surface area contributed by atoms with E-state index in [1.807, 2.05) is 26.8 Å². The molecule has 3 fully saturated rings. The SMILES string of the molecule is C=CCCCCOC(=O)[C@H]1[C@H]2C(=O)N([C@@H](CO)CC(C)C)C(C(=O)N(CC=C)C(C)CCC)C23CC(Br)[C@@H]1O3. The quantitative estimate of drug-likeness (QED) is 0.121. The maximum atomic E-state index is 14.5. The van der Waals surface area contributed by atoms with Crippen molar-refractivity contribution in [3.63, 3.8) is 0 Å². The molecule has 2 amide bonds. The van der Waals surface area contributed by atoms with Gasteiger partial charge in [0, 0.05) is 17.4 Å². The number of alkyl halides is 1. The minimum atomic E-state index is -1.17. The maximum Gasteiger partial charge on any atom is 0.312 e. The first-order valence-electron chi connectivity index (χ1n) is 14.5. The van der Waals surface area contributed by atoms with Crippen LogP contribution in [0.15, 0.2) is 25.3 Å². The molecule has 9 heteroatoms. The van der Waals surface area contributed by atoms with Gasteiger partial charge in [-0.05, 0) is 51.4 Å². The first-order valence-corrected chi connectivity index (χ1v) is 15.4. The van der Waals surface area contributed by atoms with Crippen LogP contribution in [0.25, 0.3) is 0 Å². The van der Waals surface area contributed by atoms with Crippen LogP contribution in [0.1, 0.15) is 72.6 Å². The zero-order chi connectivity index (χ0) is 28.9. The van der Waals surface area contributed by atoms with E-state index in [-0.39, 0.29) is 41.8 Å². The van der Waals surface area contributed by atoms with Crippen molar-refractivity contribution in [1.29, 1.82) is 0 Å². The van der Waals surface area contributed by atoms with E-state index in [0.29, 0.717) is 25.8 Å². The molecule has 0 aromatic rings. The second kappa shape index (κ2) is 13.8. The van der Waals surface area contributed by atoms with Crippen LogP contribution in [0.4, 0.5) is 0 Å². The second-order valence-corrected chi connectivity index (χ2v) is 12.9. The van der Waals surface area contributed by atoms with E-state index in [1.54, 1.807) is 15.9 Å². The van der Waals surface area contributed by atoms with Crippen LogP contribution in [0.2, 0.25) is 0 Å². The van der Waals surface area contributed by atoms with Gasteiger partial charge in [0.05, 0.1) is 37.2 Å². The number of halogens is 1. The number of amides is 2. The summed E-state index contributed by atoms with van der Waals surface area (Å²) in [6.45, 7) is 16.0. The molecule has 0 aromatic carbocycles. The highest BCUT2D eigenvalue weighted by molar-refractivity contribution is 9.09. The topological polar surface area (TPSA) is 96.4 Å². The molecule has 0 aromatic heterocycles. The van der Waals surface area contributed by atoms with Crippen LogP contribution in [-0.4, -0.2) is 87.1 Å². The lowest BCUT2D eigenvalue weighted by molar-refractivity contribution is -0.157. The number of nitrogens with zero attached hydrogens (tertiary/aromatic N) is 2. The number of rotatable bonds is 16. The van der Waals surface area contributed by atoms with Crippen LogP contribution >= 0.6 is 15.9 Å². The van der Waals surface area contributed by atoms with Crippen LogP contribution in [-0.2, 0) is 23.9 Å². The minimum absolute atomic E-state index is 0.0692.